The van der Waals surface area contributed by atoms with Gasteiger partial charge in [0.25, 0.3) is 0 Å². The molecule has 0 radical (unpaired) electrons. The molecule has 1 atom stereocenters. The minimum absolute atomic E-state index is 0.220. The molecule has 0 fully saturated rings. The molecule has 13 heteroatoms. The first-order valence-electron chi connectivity index (χ1n) is 8.20. The number of aromatic nitrogens is 4. The largest absolute Gasteiger partial charge is 0.458 e. The Hall–Kier alpha value is -1.92. The Morgan fingerprint density at radius 1 is 1.23 bits per heavy atom. The van der Waals surface area contributed by atoms with Gasteiger partial charge in [0.15, 0.2) is 5.78 Å². The van der Waals surface area contributed by atoms with Crippen molar-refractivity contribution in [2.45, 2.75) is 31.4 Å². The van der Waals surface area contributed by atoms with E-state index in [1.165, 1.54) is 22.3 Å². The molecule has 3 aromatic rings. The van der Waals surface area contributed by atoms with Crippen LogP contribution in [0.1, 0.15) is 41.0 Å². The van der Waals surface area contributed by atoms with E-state index in [2.05, 4.69) is 31.0 Å². The zero-order valence-electron chi connectivity index (χ0n) is 14.9. The smallest absolute Gasteiger partial charge is 0.294 e. The minimum atomic E-state index is -5.82. The van der Waals surface area contributed by atoms with E-state index in [0.717, 1.165) is 9.85 Å². The molecule has 0 N–H and O–H groups in total. The molecular weight excluding hydrogens is 519 g/mol. The first-order valence-corrected chi connectivity index (χ1v) is 10.2. The van der Waals surface area contributed by atoms with Gasteiger partial charge in [-0.2, -0.15) is 31.7 Å². The number of hydrogen-bond acceptors (Lipinski definition) is 5. The Bertz CT molecular complexity index is 1080. The van der Waals surface area contributed by atoms with E-state index in [4.69, 9.17) is 11.6 Å². The molecule has 2 heterocycles. The second-order valence-electron chi connectivity index (χ2n) is 6.31. The van der Waals surface area contributed by atoms with E-state index in [1.807, 2.05) is 0 Å². The van der Waals surface area contributed by atoms with Gasteiger partial charge in [-0.15, -0.1) is 0 Å². The molecule has 1 aromatic carbocycles. The van der Waals surface area contributed by atoms with Gasteiger partial charge >= 0.3 is 12.1 Å². The van der Waals surface area contributed by atoms with Crippen LogP contribution in [0, 0.1) is 0 Å². The van der Waals surface area contributed by atoms with Crippen LogP contribution in [-0.2, 0) is 5.92 Å². The number of thiazole rings is 1. The molecule has 0 amide bonds. The van der Waals surface area contributed by atoms with Crippen LogP contribution in [0.5, 0.6) is 0 Å². The van der Waals surface area contributed by atoms with E-state index in [-0.39, 0.29) is 12.0 Å². The fraction of sp³-hybridized carbons (Fsp3) is 0.294. The number of Topliss-reactive ketones (excluding diaryl/α,β-unsaturated/α-hetero) is 1. The van der Waals surface area contributed by atoms with Crippen molar-refractivity contribution in [3.05, 3.63) is 56.5 Å². The average molecular weight is 530 g/mol. The van der Waals surface area contributed by atoms with Gasteiger partial charge in [0.2, 0.25) is 5.13 Å². The number of benzene rings is 1. The second kappa shape index (κ2) is 8.31. The van der Waals surface area contributed by atoms with Crippen LogP contribution in [0.4, 0.5) is 22.0 Å². The second-order valence-corrected chi connectivity index (χ2v) is 9.13. The van der Waals surface area contributed by atoms with Gasteiger partial charge in [-0.05, 0) is 34.1 Å². The molecule has 3 rings (SSSR count). The molecule has 0 aliphatic rings. The van der Waals surface area contributed by atoms with Gasteiger partial charge in [0, 0.05) is 28.5 Å². The van der Waals surface area contributed by atoms with Gasteiger partial charge in [-0.1, -0.05) is 29.9 Å². The average Bonchev–Trinajstić information content (AvgIpc) is 3.28. The summed E-state index contributed by atoms with van der Waals surface area (Å²) in [6, 6.07) is 2.05. The third-order valence-electron chi connectivity index (χ3n) is 4.09. The van der Waals surface area contributed by atoms with Crippen molar-refractivity contribution in [1.82, 2.24) is 19.7 Å². The van der Waals surface area contributed by atoms with Crippen LogP contribution in [-0.4, -0.2) is 31.7 Å². The fourth-order valence-corrected chi connectivity index (χ4v) is 4.04. The van der Waals surface area contributed by atoms with Crippen LogP contribution >= 0.6 is 38.9 Å². The Morgan fingerprint density at radius 3 is 2.53 bits per heavy atom. The predicted octanol–water partition coefficient (Wildman–Crippen LogP) is 6.17. The lowest BCUT2D eigenvalue weighted by atomic mass is 9.96. The molecule has 0 bridgehead atoms. The summed E-state index contributed by atoms with van der Waals surface area (Å²) in [5.74, 6) is -5.96. The first-order chi connectivity index (χ1) is 13.9. The van der Waals surface area contributed by atoms with Crippen LogP contribution in [0.3, 0.4) is 0 Å². The third kappa shape index (κ3) is 4.54. The minimum Gasteiger partial charge on any atom is -0.294 e. The summed E-state index contributed by atoms with van der Waals surface area (Å²) in [6.07, 6.45) is -3.20. The third-order valence-corrected chi connectivity index (χ3v) is 5.76. The number of halogens is 7. The van der Waals surface area contributed by atoms with E-state index < -0.39 is 34.4 Å². The Morgan fingerprint density at radius 2 is 1.93 bits per heavy atom. The number of carbonyl (C=O) groups excluding carboxylic acids is 1. The van der Waals surface area contributed by atoms with E-state index in [0.29, 0.717) is 23.1 Å². The lowest BCUT2D eigenvalue weighted by Gasteiger charge is -2.20. The Balaban J connectivity index is 1.86. The number of nitrogens with zero attached hydrogens (tertiary/aromatic N) is 4. The summed E-state index contributed by atoms with van der Waals surface area (Å²) in [7, 11) is 0. The summed E-state index contributed by atoms with van der Waals surface area (Å²) >= 11 is 10.3. The summed E-state index contributed by atoms with van der Waals surface area (Å²) < 4.78 is 67.6. The highest BCUT2D eigenvalue weighted by Gasteiger charge is 2.58. The summed E-state index contributed by atoms with van der Waals surface area (Å²) in [4.78, 5) is 20.9. The van der Waals surface area contributed by atoms with Gasteiger partial charge < -0.3 is 0 Å². The molecule has 5 nitrogen and oxygen atoms in total. The standard InChI is InChI=1S/C17H11BrClF5N4OS/c1-8(14-26-7-27-28(14)15-25-6-13(18)30-15)2-12(29)9-3-10(5-11(19)4-9)16(20,21)17(22,23)24/h3-8H,2H2,1H3/t8-/m1/s1. The summed E-state index contributed by atoms with van der Waals surface area (Å²) in [5.41, 5.74) is -1.74. The van der Waals surface area contributed by atoms with Gasteiger partial charge in [0.05, 0.1) is 9.98 Å². The highest BCUT2D eigenvalue weighted by Crippen LogP contribution is 2.44. The molecule has 0 saturated heterocycles. The van der Waals surface area contributed by atoms with E-state index in [9.17, 15) is 26.7 Å². The normalized spacial score (nSPS) is 13.5. The maximum Gasteiger partial charge on any atom is 0.458 e. The van der Waals surface area contributed by atoms with Crippen molar-refractivity contribution < 1.29 is 26.7 Å². The Labute approximate surface area is 184 Å². The van der Waals surface area contributed by atoms with E-state index in [1.54, 1.807) is 13.1 Å². The van der Waals surface area contributed by atoms with Gasteiger partial charge in [-0.3, -0.25) is 4.79 Å². The zero-order chi connectivity index (χ0) is 22.3. The van der Waals surface area contributed by atoms with Crippen molar-refractivity contribution in [2.75, 3.05) is 0 Å². The molecule has 0 spiro atoms. The summed E-state index contributed by atoms with van der Waals surface area (Å²) in [5, 5.41) is 4.15. The van der Waals surface area contributed by atoms with Crippen molar-refractivity contribution in [3.63, 3.8) is 0 Å². The van der Waals surface area contributed by atoms with Crippen molar-refractivity contribution in [3.8, 4) is 5.13 Å². The Kier molecular flexibility index (Phi) is 6.30. The van der Waals surface area contributed by atoms with Crippen LogP contribution in [0.2, 0.25) is 5.02 Å². The predicted molar refractivity (Wildman–Crippen MR) is 103 cm³/mol. The maximum atomic E-state index is 13.7. The highest BCUT2D eigenvalue weighted by atomic mass is 79.9. The highest BCUT2D eigenvalue weighted by molar-refractivity contribution is 9.11. The SMILES string of the molecule is C[C@H](CC(=O)c1cc(Cl)cc(C(F)(F)C(F)(F)F)c1)c1ncnn1-c1ncc(Br)s1. The van der Waals surface area contributed by atoms with Gasteiger partial charge in [0.1, 0.15) is 12.2 Å². The van der Waals surface area contributed by atoms with Crippen molar-refractivity contribution >= 4 is 44.7 Å². The molecule has 30 heavy (non-hydrogen) atoms. The topological polar surface area (TPSA) is 60.7 Å². The molecule has 0 saturated carbocycles. The van der Waals surface area contributed by atoms with Crippen molar-refractivity contribution in [1.29, 1.82) is 0 Å². The van der Waals surface area contributed by atoms with Crippen LogP contribution in [0.15, 0.2) is 34.5 Å². The number of carbonyl (C=O) groups is 1. The van der Waals surface area contributed by atoms with Crippen LogP contribution < -0.4 is 0 Å². The molecule has 0 unspecified atom stereocenters. The number of ketones is 1. The maximum absolute atomic E-state index is 13.7. The van der Waals surface area contributed by atoms with E-state index >= 15 is 0 Å². The fourth-order valence-electron chi connectivity index (χ4n) is 2.66. The number of hydrogen-bond donors (Lipinski definition) is 0. The lowest BCUT2D eigenvalue weighted by Crippen LogP contribution is -2.33. The molecule has 160 valence electrons. The molecule has 2 aromatic heterocycles. The first kappa shape index (κ1) is 22.8. The van der Waals surface area contributed by atoms with Crippen LogP contribution in [0.25, 0.3) is 5.13 Å². The lowest BCUT2D eigenvalue weighted by molar-refractivity contribution is -0.289. The van der Waals surface area contributed by atoms with Crippen molar-refractivity contribution in [2.24, 2.45) is 0 Å². The molecule has 0 aliphatic carbocycles. The molecule has 0 aliphatic heterocycles. The summed E-state index contributed by atoms with van der Waals surface area (Å²) in [6.45, 7) is 1.65. The number of rotatable bonds is 6. The monoisotopic (exact) mass is 528 g/mol. The molecular formula is C17H11BrClF5N4OS. The zero-order valence-corrected chi connectivity index (χ0v) is 18.1. The number of alkyl halides is 5. The van der Waals surface area contributed by atoms with Gasteiger partial charge in [-0.25, -0.2) is 9.97 Å². The quantitative estimate of drug-likeness (QED) is 0.283.